The number of ether oxygens (including phenoxy) is 1. The van der Waals surface area contributed by atoms with Crippen LogP contribution in [0.2, 0.25) is 0 Å². The van der Waals surface area contributed by atoms with Gasteiger partial charge in [-0.2, -0.15) is 0 Å². The quantitative estimate of drug-likeness (QED) is 0.723. The normalized spacial score (nSPS) is 9.35. The highest BCUT2D eigenvalue weighted by molar-refractivity contribution is 5.95. The average Bonchev–Trinajstić information content (AvgIpc) is 2.55. The molecule has 0 atom stereocenters. The van der Waals surface area contributed by atoms with E-state index < -0.39 is 0 Å². The Balaban J connectivity index is 0.000000956. The molecule has 0 aliphatic heterocycles. The van der Waals surface area contributed by atoms with Crippen LogP contribution in [0.1, 0.15) is 43.1 Å². The molecule has 0 aromatic heterocycles. The molecule has 0 radical (unpaired) electrons. The summed E-state index contributed by atoms with van der Waals surface area (Å²) < 4.78 is 5.65. The van der Waals surface area contributed by atoms with E-state index in [1.807, 2.05) is 75.4 Å². The summed E-state index contributed by atoms with van der Waals surface area (Å²) in [7, 11) is 0. The Bertz CT molecular complexity index is 501. The van der Waals surface area contributed by atoms with E-state index in [-0.39, 0.29) is 5.78 Å². The first-order valence-corrected chi connectivity index (χ1v) is 7.09. The minimum atomic E-state index is 0.157. The molecule has 2 aromatic rings. The van der Waals surface area contributed by atoms with Crippen molar-refractivity contribution in [1.82, 2.24) is 0 Å². The fraction of sp³-hybridized carbons (Fsp3) is 0.278. The van der Waals surface area contributed by atoms with Gasteiger partial charge < -0.3 is 4.74 Å². The summed E-state index contributed by atoms with van der Waals surface area (Å²) in [4.78, 5) is 11.5. The Labute approximate surface area is 121 Å². The average molecular weight is 270 g/mol. The van der Waals surface area contributed by atoms with E-state index in [9.17, 15) is 4.79 Å². The summed E-state index contributed by atoms with van der Waals surface area (Å²) in [6.07, 6.45) is 0.532. The predicted molar refractivity (Wildman–Crippen MR) is 83.2 cm³/mol. The molecule has 2 nitrogen and oxygen atoms in total. The van der Waals surface area contributed by atoms with E-state index in [0.717, 1.165) is 16.9 Å². The van der Waals surface area contributed by atoms with Gasteiger partial charge in [-0.1, -0.05) is 51.1 Å². The first-order chi connectivity index (χ1) is 9.79. The summed E-state index contributed by atoms with van der Waals surface area (Å²) in [6.45, 7) is 6.41. The molecule has 0 aliphatic rings. The number of Topliss-reactive ketones (excluding diaryl/α,β-unsaturated/α-hetero) is 1. The highest BCUT2D eigenvalue weighted by Crippen LogP contribution is 2.15. The van der Waals surface area contributed by atoms with Crippen LogP contribution >= 0.6 is 0 Å². The summed E-state index contributed by atoms with van der Waals surface area (Å²) in [5.41, 5.74) is 1.87. The number of carbonyl (C=O) groups is 1. The lowest BCUT2D eigenvalue weighted by molar-refractivity contribution is 0.0988. The van der Waals surface area contributed by atoms with Gasteiger partial charge in [-0.25, -0.2) is 0 Å². The third kappa shape index (κ3) is 4.88. The van der Waals surface area contributed by atoms with Gasteiger partial charge in [-0.05, 0) is 29.8 Å². The molecule has 0 spiro atoms. The molecule has 0 amide bonds. The monoisotopic (exact) mass is 270 g/mol. The molecular weight excluding hydrogens is 248 g/mol. The van der Waals surface area contributed by atoms with Crippen LogP contribution in [0.3, 0.4) is 0 Å². The van der Waals surface area contributed by atoms with Crippen molar-refractivity contribution in [1.29, 1.82) is 0 Å². The smallest absolute Gasteiger partial charge is 0.162 e. The maximum absolute atomic E-state index is 11.5. The van der Waals surface area contributed by atoms with E-state index in [2.05, 4.69) is 0 Å². The maximum atomic E-state index is 11.5. The molecule has 0 bridgehead atoms. The van der Waals surface area contributed by atoms with Crippen molar-refractivity contribution in [3.63, 3.8) is 0 Å². The number of rotatable bonds is 5. The highest BCUT2D eigenvalue weighted by atomic mass is 16.5. The maximum Gasteiger partial charge on any atom is 0.162 e. The summed E-state index contributed by atoms with van der Waals surface area (Å²) in [6, 6.07) is 17.3. The van der Waals surface area contributed by atoms with E-state index >= 15 is 0 Å². The third-order valence-electron chi connectivity index (χ3n) is 2.75. The fourth-order valence-electron chi connectivity index (χ4n) is 1.68. The zero-order valence-electron chi connectivity index (χ0n) is 12.4. The molecule has 106 valence electrons. The second-order valence-corrected chi connectivity index (χ2v) is 4.08. The van der Waals surface area contributed by atoms with Crippen molar-refractivity contribution in [2.45, 2.75) is 33.8 Å². The van der Waals surface area contributed by atoms with Crippen molar-refractivity contribution in [3.8, 4) is 5.75 Å². The molecular formula is C18H22O2. The lowest BCUT2D eigenvalue weighted by Crippen LogP contribution is -1.98. The van der Waals surface area contributed by atoms with Gasteiger partial charge in [-0.15, -0.1) is 0 Å². The molecule has 0 fully saturated rings. The zero-order valence-corrected chi connectivity index (χ0v) is 12.4. The standard InChI is InChI=1S/C16H16O2.C2H6/c1-2-16(17)14-8-10-15(11-9-14)18-12-13-6-4-3-5-7-13;1-2/h3-11H,2,12H2,1H3;1-2H3. The molecule has 2 rings (SSSR count). The van der Waals surface area contributed by atoms with Gasteiger partial charge in [0.2, 0.25) is 0 Å². The molecule has 20 heavy (non-hydrogen) atoms. The third-order valence-corrected chi connectivity index (χ3v) is 2.75. The molecule has 0 unspecified atom stereocenters. The van der Waals surface area contributed by atoms with Gasteiger partial charge in [0.05, 0.1) is 0 Å². The summed E-state index contributed by atoms with van der Waals surface area (Å²) in [5, 5.41) is 0. The van der Waals surface area contributed by atoms with E-state index in [1.54, 1.807) is 0 Å². The largest absolute Gasteiger partial charge is 0.489 e. The van der Waals surface area contributed by atoms with Crippen LogP contribution in [0.4, 0.5) is 0 Å². The Hall–Kier alpha value is -2.09. The van der Waals surface area contributed by atoms with Gasteiger partial charge in [-0.3, -0.25) is 4.79 Å². The molecule has 2 heteroatoms. The van der Waals surface area contributed by atoms with Crippen LogP contribution in [0.5, 0.6) is 5.75 Å². The van der Waals surface area contributed by atoms with Crippen molar-refractivity contribution < 1.29 is 9.53 Å². The minimum Gasteiger partial charge on any atom is -0.489 e. The van der Waals surface area contributed by atoms with Crippen LogP contribution in [-0.2, 0) is 6.61 Å². The van der Waals surface area contributed by atoms with Gasteiger partial charge in [0.1, 0.15) is 12.4 Å². The van der Waals surface area contributed by atoms with E-state index in [1.165, 1.54) is 0 Å². The van der Waals surface area contributed by atoms with E-state index in [0.29, 0.717) is 13.0 Å². The molecule has 0 heterocycles. The Kier molecular flexibility index (Phi) is 7.12. The second kappa shape index (κ2) is 8.92. The lowest BCUT2D eigenvalue weighted by atomic mass is 10.1. The van der Waals surface area contributed by atoms with Crippen molar-refractivity contribution in [2.75, 3.05) is 0 Å². The van der Waals surface area contributed by atoms with Crippen LogP contribution in [0.25, 0.3) is 0 Å². The Morgan fingerprint density at radius 2 is 1.55 bits per heavy atom. The Morgan fingerprint density at radius 1 is 0.950 bits per heavy atom. The molecule has 0 N–H and O–H groups in total. The lowest BCUT2D eigenvalue weighted by Gasteiger charge is -2.06. The van der Waals surface area contributed by atoms with Gasteiger partial charge in [0.25, 0.3) is 0 Å². The zero-order chi connectivity index (χ0) is 14.8. The van der Waals surface area contributed by atoms with Crippen LogP contribution in [0, 0.1) is 0 Å². The van der Waals surface area contributed by atoms with Crippen molar-refractivity contribution in [3.05, 3.63) is 65.7 Å². The number of benzene rings is 2. The number of hydrogen-bond donors (Lipinski definition) is 0. The number of carbonyl (C=O) groups excluding carboxylic acids is 1. The van der Waals surface area contributed by atoms with Crippen LogP contribution in [0.15, 0.2) is 54.6 Å². The topological polar surface area (TPSA) is 26.3 Å². The van der Waals surface area contributed by atoms with Crippen LogP contribution in [-0.4, -0.2) is 5.78 Å². The SMILES string of the molecule is CC.CCC(=O)c1ccc(OCc2ccccc2)cc1. The van der Waals surface area contributed by atoms with Crippen LogP contribution < -0.4 is 4.74 Å². The first kappa shape index (κ1) is 16.0. The molecule has 0 aliphatic carbocycles. The van der Waals surface area contributed by atoms with Crippen molar-refractivity contribution in [2.24, 2.45) is 0 Å². The second-order valence-electron chi connectivity index (χ2n) is 4.08. The number of hydrogen-bond acceptors (Lipinski definition) is 2. The van der Waals surface area contributed by atoms with Crippen molar-refractivity contribution >= 4 is 5.78 Å². The Morgan fingerprint density at radius 3 is 2.10 bits per heavy atom. The number of ketones is 1. The summed E-state index contributed by atoms with van der Waals surface area (Å²) in [5.74, 6) is 0.941. The fourth-order valence-corrected chi connectivity index (χ4v) is 1.68. The van der Waals surface area contributed by atoms with Gasteiger partial charge in [0, 0.05) is 12.0 Å². The minimum absolute atomic E-state index is 0.157. The highest BCUT2D eigenvalue weighted by Gasteiger charge is 2.02. The molecule has 0 saturated carbocycles. The predicted octanol–water partition coefficient (Wildman–Crippen LogP) is 4.88. The summed E-state index contributed by atoms with van der Waals surface area (Å²) >= 11 is 0. The van der Waals surface area contributed by atoms with Gasteiger partial charge in [0.15, 0.2) is 5.78 Å². The van der Waals surface area contributed by atoms with Gasteiger partial charge >= 0.3 is 0 Å². The van der Waals surface area contributed by atoms with E-state index in [4.69, 9.17) is 4.74 Å². The first-order valence-electron chi connectivity index (χ1n) is 7.09. The molecule has 2 aromatic carbocycles. The molecule has 0 saturated heterocycles.